The molecule has 0 aromatic rings. The zero-order chi connectivity index (χ0) is 7.94. The van der Waals surface area contributed by atoms with E-state index in [1.54, 1.807) is 0 Å². The summed E-state index contributed by atoms with van der Waals surface area (Å²) in [5, 5.41) is 3.61. The van der Waals surface area contributed by atoms with Gasteiger partial charge in [0.05, 0.1) is 0 Å². The first kappa shape index (κ1) is 9.78. The Bertz CT molecular complexity index is 87.6. The van der Waals surface area contributed by atoms with Crippen LogP contribution in [0, 0.1) is 0 Å². The molecule has 0 radical (unpaired) electrons. The van der Waals surface area contributed by atoms with E-state index >= 15 is 0 Å². The summed E-state index contributed by atoms with van der Waals surface area (Å²) in [7, 11) is 0. The van der Waals surface area contributed by atoms with Gasteiger partial charge in [-0.15, -0.1) is 0 Å². The summed E-state index contributed by atoms with van der Waals surface area (Å²) in [5.41, 5.74) is 0. The number of nitrogens with one attached hydrogen (secondary N) is 1. The molecule has 1 heterocycles. The third-order valence-electron chi connectivity index (χ3n) is 2.35. The maximum Gasteiger partial charge on any atom is 0.00673 e. The Labute approximate surface area is 83.5 Å². The minimum absolute atomic E-state index is 0.840. The van der Waals surface area contributed by atoms with Gasteiger partial charge in [-0.1, -0.05) is 35.4 Å². The third-order valence-corrected chi connectivity index (χ3v) is 3.11. The molecule has 1 saturated heterocycles. The van der Waals surface area contributed by atoms with Crippen LogP contribution in [0.5, 0.6) is 0 Å². The zero-order valence-corrected chi connectivity index (χ0v) is 9.27. The molecule has 0 aromatic carbocycles. The fourth-order valence-corrected chi connectivity index (χ4v) is 2.11. The Morgan fingerprint density at radius 3 is 3.00 bits per heavy atom. The average molecular weight is 267 g/mol. The Hall–Kier alpha value is 0.690. The lowest BCUT2D eigenvalue weighted by Gasteiger charge is -2.14. The van der Waals surface area contributed by atoms with Gasteiger partial charge < -0.3 is 5.32 Å². The molecule has 1 unspecified atom stereocenters. The van der Waals surface area contributed by atoms with Crippen LogP contribution in [0.25, 0.3) is 0 Å². The van der Waals surface area contributed by atoms with Crippen molar-refractivity contribution >= 4 is 22.6 Å². The van der Waals surface area contributed by atoms with Crippen molar-refractivity contribution in [1.82, 2.24) is 5.32 Å². The van der Waals surface area contributed by atoms with Gasteiger partial charge >= 0.3 is 0 Å². The van der Waals surface area contributed by atoms with Gasteiger partial charge in [0, 0.05) is 6.04 Å². The average Bonchev–Trinajstić information content (AvgIpc) is 2.28. The van der Waals surface area contributed by atoms with Crippen molar-refractivity contribution in [3.63, 3.8) is 0 Å². The summed E-state index contributed by atoms with van der Waals surface area (Å²) < 4.78 is 1.32. The molecule has 1 rings (SSSR count). The maximum absolute atomic E-state index is 3.61. The molecule has 0 saturated carbocycles. The van der Waals surface area contributed by atoms with E-state index in [0.29, 0.717) is 0 Å². The van der Waals surface area contributed by atoms with E-state index in [-0.39, 0.29) is 0 Å². The molecule has 11 heavy (non-hydrogen) atoms. The van der Waals surface area contributed by atoms with Crippen LogP contribution in [0.2, 0.25) is 0 Å². The summed E-state index contributed by atoms with van der Waals surface area (Å²) >= 11 is 2.47. The third kappa shape index (κ3) is 4.31. The fourth-order valence-electron chi connectivity index (χ4n) is 1.67. The number of hydrogen-bond donors (Lipinski definition) is 1. The van der Waals surface area contributed by atoms with Crippen LogP contribution in [-0.4, -0.2) is 17.0 Å². The van der Waals surface area contributed by atoms with Gasteiger partial charge in [-0.2, -0.15) is 0 Å². The van der Waals surface area contributed by atoms with Crippen LogP contribution in [0.4, 0.5) is 0 Å². The largest absolute Gasteiger partial charge is 0.314 e. The number of halogens is 1. The Kier molecular flexibility index (Phi) is 5.54. The van der Waals surface area contributed by atoms with Gasteiger partial charge in [-0.3, -0.25) is 0 Å². The van der Waals surface area contributed by atoms with Crippen LogP contribution in [0.3, 0.4) is 0 Å². The first-order valence-electron chi connectivity index (χ1n) is 4.73. The second-order valence-electron chi connectivity index (χ2n) is 3.33. The summed E-state index contributed by atoms with van der Waals surface area (Å²) in [6.45, 7) is 1.26. The first-order valence-corrected chi connectivity index (χ1v) is 6.25. The summed E-state index contributed by atoms with van der Waals surface area (Å²) in [5.74, 6) is 0. The van der Waals surface area contributed by atoms with E-state index in [1.165, 1.54) is 49.5 Å². The van der Waals surface area contributed by atoms with Crippen LogP contribution >= 0.6 is 22.6 Å². The SMILES string of the molecule is ICCCC1CCCCCN1. The lowest BCUT2D eigenvalue weighted by molar-refractivity contribution is 0.476. The lowest BCUT2D eigenvalue weighted by Crippen LogP contribution is -2.27. The van der Waals surface area contributed by atoms with Gasteiger partial charge in [0.25, 0.3) is 0 Å². The summed E-state index contributed by atoms with van der Waals surface area (Å²) in [6, 6.07) is 0.840. The van der Waals surface area contributed by atoms with Crippen LogP contribution in [0.15, 0.2) is 0 Å². The van der Waals surface area contributed by atoms with E-state index in [2.05, 4.69) is 27.9 Å². The normalized spacial score (nSPS) is 26.5. The van der Waals surface area contributed by atoms with Gasteiger partial charge in [-0.05, 0) is 36.7 Å². The van der Waals surface area contributed by atoms with Gasteiger partial charge in [-0.25, -0.2) is 0 Å². The van der Waals surface area contributed by atoms with Gasteiger partial charge in [0.1, 0.15) is 0 Å². The van der Waals surface area contributed by atoms with Crippen molar-refractivity contribution < 1.29 is 0 Å². The molecule has 0 amide bonds. The molecule has 0 spiro atoms. The Balaban J connectivity index is 2.09. The number of alkyl halides is 1. The second kappa shape index (κ2) is 6.23. The van der Waals surface area contributed by atoms with E-state index < -0.39 is 0 Å². The molecule has 1 atom stereocenters. The monoisotopic (exact) mass is 267 g/mol. The zero-order valence-electron chi connectivity index (χ0n) is 7.11. The smallest absolute Gasteiger partial charge is 0.00673 e. The molecule has 1 N–H and O–H groups in total. The first-order chi connectivity index (χ1) is 5.43. The lowest BCUT2D eigenvalue weighted by atomic mass is 10.1. The Morgan fingerprint density at radius 2 is 2.18 bits per heavy atom. The highest BCUT2D eigenvalue weighted by Gasteiger charge is 2.09. The molecule has 2 heteroatoms. The van der Waals surface area contributed by atoms with Crippen molar-refractivity contribution in [2.75, 3.05) is 11.0 Å². The second-order valence-corrected chi connectivity index (χ2v) is 4.41. The molecule has 1 fully saturated rings. The minimum Gasteiger partial charge on any atom is -0.314 e. The highest BCUT2D eigenvalue weighted by Crippen LogP contribution is 2.12. The van der Waals surface area contributed by atoms with Crippen molar-refractivity contribution in [2.24, 2.45) is 0 Å². The number of hydrogen-bond acceptors (Lipinski definition) is 1. The maximum atomic E-state index is 3.61. The summed E-state index contributed by atoms with van der Waals surface area (Å²) in [6.07, 6.45) is 8.46. The van der Waals surface area contributed by atoms with Crippen molar-refractivity contribution in [3.8, 4) is 0 Å². The minimum atomic E-state index is 0.840. The Morgan fingerprint density at radius 1 is 1.27 bits per heavy atom. The predicted molar refractivity (Wildman–Crippen MR) is 58.4 cm³/mol. The number of rotatable bonds is 3. The van der Waals surface area contributed by atoms with Crippen molar-refractivity contribution in [2.45, 2.75) is 44.6 Å². The van der Waals surface area contributed by atoms with Gasteiger partial charge in [0.2, 0.25) is 0 Å². The van der Waals surface area contributed by atoms with Crippen molar-refractivity contribution in [1.29, 1.82) is 0 Å². The molecule has 0 bridgehead atoms. The summed E-state index contributed by atoms with van der Waals surface area (Å²) in [4.78, 5) is 0. The predicted octanol–water partition coefficient (Wildman–Crippen LogP) is 2.73. The van der Waals surface area contributed by atoms with E-state index in [4.69, 9.17) is 0 Å². The highest BCUT2D eigenvalue weighted by molar-refractivity contribution is 14.1. The quantitative estimate of drug-likeness (QED) is 0.612. The van der Waals surface area contributed by atoms with E-state index in [1.807, 2.05) is 0 Å². The molecule has 1 nitrogen and oxygen atoms in total. The van der Waals surface area contributed by atoms with Crippen LogP contribution in [-0.2, 0) is 0 Å². The topological polar surface area (TPSA) is 12.0 Å². The molecule has 0 aliphatic carbocycles. The van der Waals surface area contributed by atoms with E-state index in [9.17, 15) is 0 Å². The molecule has 0 aromatic heterocycles. The van der Waals surface area contributed by atoms with Gasteiger partial charge in [0.15, 0.2) is 0 Å². The molecule has 1 aliphatic heterocycles. The molecular formula is C9H18IN. The molecule has 1 aliphatic rings. The molecule has 66 valence electrons. The molecular weight excluding hydrogens is 249 g/mol. The standard InChI is InChI=1S/C9H18IN/c10-7-4-6-9-5-2-1-3-8-11-9/h9,11H,1-8H2. The van der Waals surface area contributed by atoms with E-state index in [0.717, 1.165) is 6.04 Å². The highest BCUT2D eigenvalue weighted by atomic mass is 127. The van der Waals surface area contributed by atoms with Crippen LogP contribution < -0.4 is 5.32 Å². The fraction of sp³-hybridized carbons (Fsp3) is 1.00. The van der Waals surface area contributed by atoms with Crippen LogP contribution in [0.1, 0.15) is 38.5 Å². The van der Waals surface area contributed by atoms with Crippen molar-refractivity contribution in [3.05, 3.63) is 0 Å².